The third-order valence-corrected chi connectivity index (χ3v) is 5.14. The second kappa shape index (κ2) is 7.30. The van der Waals surface area contributed by atoms with Crippen LogP contribution in [0, 0.1) is 0 Å². The Morgan fingerprint density at radius 2 is 1.61 bits per heavy atom. The molecule has 0 saturated carbocycles. The molecule has 6 heteroatoms. The van der Waals surface area contributed by atoms with E-state index in [1.165, 1.54) is 4.70 Å². The number of nitrogens with zero attached hydrogens (tertiary/aromatic N) is 3. The Bertz CT molecular complexity index is 897. The third-order valence-electron chi connectivity index (χ3n) is 3.45. The van der Waals surface area contributed by atoms with Gasteiger partial charge in [0.05, 0.1) is 33.0 Å². The second-order valence-electron chi connectivity index (χ2n) is 4.92. The Hall–Kier alpha value is -1.62. The summed E-state index contributed by atoms with van der Waals surface area (Å²) in [6, 6.07) is 16.1. The van der Waals surface area contributed by atoms with E-state index >= 15 is 0 Å². The first-order valence-electron chi connectivity index (χ1n) is 7.09. The van der Waals surface area contributed by atoms with Crippen molar-refractivity contribution >= 4 is 55.8 Å². The van der Waals surface area contributed by atoms with Gasteiger partial charge in [-0.3, -0.25) is 0 Å². The summed E-state index contributed by atoms with van der Waals surface area (Å²) in [5.41, 5.74) is 3.19. The van der Waals surface area contributed by atoms with Crippen molar-refractivity contribution in [1.82, 2.24) is 14.5 Å². The smallest absolute Gasteiger partial charge is 0.124 e. The van der Waals surface area contributed by atoms with Gasteiger partial charge in [-0.1, -0.05) is 24.3 Å². The van der Waals surface area contributed by atoms with E-state index in [0.717, 1.165) is 27.4 Å². The maximum Gasteiger partial charge on any atom is 0.124 e. The van der Waals surface area contributed by atoms with Crippen molar-refractivity contribution in [3.63, 3.8) is 0 Å². The summed E-state index contributed by atoms with van der Waals surface area (Å²) in [7, 11) is 1.98. The fourth-order valence-electron chi connectivity index (χ4n) is 2.29. The van der Waals surface area contributed by atoms with E-state index in [1.807, 2.05) is 54.1 Å². The number of benzene rings is 2. The Morgan fingerprint density at radius 1 is 0.913 bits per heavy atom. The number of aromatic nitrogens is 3. The molecule has 0 radical (unpaired) electrons. The van der Waals surface area contributed by atoms with Crippen molar-refractivity contribution in [2.45, 2.75) is 11.8 Å². The van der Waals surface area contributed by atoms with Crippen molar-refractivity contribution in [3.05, 3.63) is 59.4 Å². The molecule has 23 heavy (non-hydrogen) atoms. The topological polar surface area (TPSA) is 30.7 Å². The molecular weight excluding hydrogens is 349 g/mol. The summed E-state index contributed by atoms with van der Waals surface area (Å²) in [6.07, 6.45) is 0. The van der Waals surface area contributed by atoms with Gasteiger partial charge in [-0.15, -0.1) is 34.5 Å². The zero-order valence-corrected chi connectivity index (χ0v) is 14.9. The van der Waals surface area contributed by atoms with E-state index in [0.29, 0.717) is 11.8 Å². The number of fused-ring (bicyclic) bond motifs is 2. The van der Waals surface area contributed by atoms with Gasteiger partial charge >= 0.3 is 0 Å². The highest BCUT2D eigenvalue weighted by atomic mass is 35.5. The van der Waals surface area contributed by atoms with Crippen LogP contribution in [0.25, 0.3) is 21.3 Å². The van der Waals surface area contributed by atoms with Crippen LogP contribution in [0.5, 0.6) is 0 Å². The van der Waals surface area contributed by atoms with Crippen LogP contribution in [0.3, 0.4) is 0 Å². The third kappa shape index (κ3) is 3.50. The molecule has 0 atom stereocenters. The molecule has 3 nitrogen and oxygen atoms in total. The SMILES string of the molecule is ClCc1nc2ccccc2s1.Cn1c(CCl)nc2ccccc21. The fourth-order valence-corrected chi connectivity index (χ4v) is 3.57. The molecule has 2 aromatic heterocycles. The highest BCUT2D eigenvalue weighted by Crippen LogP contribution is 2.22. The first-order chi connectivity index (χ1) is 11.2. The first kappa shape index (κ1) is 16.2. The maximum atomic E-state index is 5.72. The van der Waals surface area contributed by atoms with E-state index in [4.69, 9.17) is 23.2 Å². The number of aryl methyl sites for hydroxylation is 1. The lowest BCUT2D eigenvalue weighted by molar-refractivity contribution is 0.874. The van der Waals surface area contributed by atoms with Crippen molar-refractivity contribution in [3.8, 4) is 0 Å². The zero-order valence-electron chi connectivity index (χ0n) is 12.5. The molecule has 0 spiro atoms. The van der Waals surface area contributed by atoms with Crippen LogP contribution in [0.4, 0.5) is 0 Å². The van der Waals surface area contributed by atoms with Crippen LogP contribution in [0.1, 0.15) is 10.8 Å². The molecule has 0 N–H and O–H groups in total. The quantitative estimate of drug-likeness (QED) is 0.449. The van der Waals surface area contributed by atoms with Gasteiger partial charge in [-0.2, -0.15) is 0 Å². The highest BCUT2D eigenvalue weighted by molar-refractivity contribution is 7.18. The number of alkyl halides is 2. The van der Waals surface area contributed by atoms with E-state index in [2.05, 4.69) is 16.0 Å². The number of hydrogen-bond acceptors (Lipinski definition) is 3. The van der Waals surface area contributed by atoms with Crippen LogP contribution >= 0.6 is 34.5 Å². The summed E-state index contributed by atoms with van der Waals surface area (Å²) < 4.78 is 3.23. The van der Waals surface area contributed by atoms with Gasteiger partial charge in [0.1, 0.15) is 10.8 Å². The van der Waals surface area contributed by atoms with Gasteiger partial charge in [0, 0.05) is 7.05 Å². The summed E-state index contributed by atoms with van der Waals surface area (Å²) >= 11 is 13.0. The van der Waals surface area contributed by atoms with Gasteiger partial charge in [-0.05, 0) is 24.3 Å². The van der Waals surface area contributed by atoms with Crippen LogP contribution < -0.4 is 0 Å². The normalized spacial score (nSPS) is 10.7. The zero-order chi connectivity index (χ0) is 16.2. The predicted molar refractivity (Wildman–Crippen MR) is 99.4 cm³/mol. The Labute approximate surface area is 148 Å². The number of para-hydroxylation sites is 3. The van der Waals surface area contributed by atoms with Crippen LogP contribution in [0.15, 0.2) is 48.5 Å². The monoisotopic (exact) mass is 363 g/mol. The van der Waals surface area contributed by atoms with E-state index in [1.54, 1.807) is 11.3 Å². The average Bonchev–Trinajstić information content (AvgIpc) is 3.16. The lowest BCUT2D eigenvalue weighted by atomic mass is 10.3. The Morgan fingerprint density at radius 3 is 2.26 bits per heavy atom. The van der Waals surface area contributed by atoms with Crippen LogP contribution in [-0.2, 0) is 18.8 Å². The van der Waals surface area contributed by atoms with Crippen molar-refractivity contribution < 1.29 is 0 Å². The minimum absolute atomic E-state index is 0.463. The van der Waals surface area contributed by atoms with Crippen molar-refractivity contribution in [2.75, 3.05) is 0 Å². The van der Waals surface area contributed by atoms with Crippen LogP contribution in [0.2, 0.25) is 0 Å². The van der Waals surface area contributed by atoms with E-state index < -0.39 is 0 Å². The number of rotatable bonds is 2. The van der Waals surface area contributed by atoms with Gasteiger partial charge in [0.25, 0.3) is 0 Å². The minimum Gasteiger partial charge on any atom is -0.330 e. The van der Waals surface area contributed by atoms with Gasteiger partial charge in [0.2, 0.25) is 0 Å². The molecule has 0 unspecified atom stereocenters. The molecule has 4 rings (SSSR count). The molecular formula is C17H15Cl2N3S. The Kier molecular flexibility index (Phi) is 5.16. The fraction of sp³-hybridized carbons (Fsp3) is 0.176. The molecule has 0 aliphatic carbocycles. The second-order valence-corrected chi connectivity index (χ2v) is 6.57. The minimum atomic E-state index is 0.463. The van der Waals surface area contributed by atoms with Gasteiger partial charge in [0.15, 0.2) is 0 Å². The lowest BCUT2D eigenvalue weighted by Gasteiger charge is -1.95. The number of imidazole rings is 1. The highest BCUT2D eigenvalue weighted by Gasteiger charge is 2.04. The van der Waals surface area contributed by atoms with Crippen molar-refractivity contribution in [1.29, 1.82) is 0 Å². The predicted octanol–water partition coefficient (Wildman–Crippen LogP) is 5.35. The summed E-state index contributed by atoms with van der Waals surface area (Å²) in [6.45, 7) is 0. The van der Waals surface area contributed by atoms with E-state index in [-0.39, 0.29) is 0 Å². The molecule has 2 aromatic carbocycles. The molecule has 0 aliphatic heterocycles. The molecule has 0 saturated heterocycles. The first-order valence-corrected chi connectivity index (χ1v) is 8.98. The van der Waals surface area contributed by atoms with Crippen molar-refractivity contribution in [2.24, 2.45) is 7.05 Å². The molecule has 0 aliphatic rings. The Balaban J connectivity index is 0.000000136. The largest absolute Gasteiger partial charge is 0.330 e. The van der Waals surface area contributed by atoms with Gasteiger partial charge in [-0.25, -0.2) is 9.97 Å². The van der Waals surface area contributed by atoms with Crippen LogP contribution in [-0.4, -0.2) is 14.5 Å². The summed E-state index contributed by atoms with van der Waals surface area (Å²) in [5.74, 6) is 1.89. The molecule has 0 bridgehead atoms. The maximum absolute atomic E-state index is 5.72. The number of hydrogen-bond donors (Lipinski definition) is 0. The molecule has 2 heterocycles. The van der Waals surface area contributed by atoms with Gasteiger partial charge < -0.3 is 4.57 Å². The number of halogens is 2. The molecule has 0 amide bonds. The average molecular weight is 364 g/mol. The molecule has 4 aromatic rings. The summed E-state index contributed by atoms with van der Waals surface area (Å²) in [5, 5.41) is 0.993. The number of thiazole rings is 1. The standard InChI is InChI=1S/C9H9ClN2.C8H6ClNS/c1-12-8-5-3-2-4-7(8)11-9(12)6-10;9-5-8-10-6-3-1-2-4-7(6)11-8/h2-5H,6H2,1H3;1-4H,5H2. The summed E-state index contributed by atoms with van der Waals surface area (Å²) in [4.78, 5) is 8.68. The molecule has 0 fully saturated rings. The molecule has 118 valence electrons. The lowest BCUT2D eigenvalue weighted by Crippen LogP contribution is -1.93. The van der Waals surface area contributed by atoms with E-state index in [9.17, 15) is 0 Å².